The zero-order valence-electron chi connectivity index (χ0n) is 11.2. The van der Waals surface area contributed by atoms with E-state index < -0.39 is 0 Å². The van der Waals surface area contributed by atoms with E-state index in [0.717, 1.165) is 4.47 Å². The van der Waals surface area contributed by atoms with Gasteiger partial charge in [-0.2, -0.15) is 0 Å². The maximum atomic E-state index is 12.2. The summed E-state index contributed by atoms with van der Waals surface area (Å²) in [5.41, 5.74) is 1.70. The van der Waals surface area contributed by atoms with Crippen LogP contribution in [0.4, 0.5) is 11.4 Å². The first-order chi connectivity index (χ1) is 9.95. The average molecular weight is 365 g/mol. The standard InChI is InChI=1S/C15H13BrN2O2S/c1-9(19)17-11-3-2-4-12(8-11)18-15(20)13-6-5-10(16)7-14(13)21/h2-8,21H,1H3,(H,17,19)(H,18,20). The Morgan fingerprint density at radius 2 is 1.71 bits per heavy atom. The van der Waals surface area contributed by atoms with Crippen molar-refractivity contribution in [2.75, 3.05) is 10.6 Å². The van der Waals surface area contributed by atoms with E-state index in [4.69, 9.17) is 0 Å². The van der Waals surface area contributed by atoms with Gasteiger partial charge in [-0.25, -0.2) is 0 Å². The summed E-state index contributed by atoms with van der Waals surface area (Å²) < 4.78 is 0.858. The molecule has 0 saturated carbocycles. The second kappa shape index (κ2) is 6.78. The summed E-state index contributed by atoms with van der Waals surface area (Å²) in [6, 6.07) is 12.2. The topological polar surface area (TPSA) is 58.2 Å². The van der Waals surface area contributed by atoms with Gasteiger partial charge in [-0.05, 0) is 36.4 Å². The number of benzene rings is 2. The first-order valence-corrected chi connectivity index (χ1v) is 7.37. The van der Waals surface area contributed by atoms with Crippen LogP contribution in [0.25, 0.3) is 0 Å². The minimum atomic E-state index is -0.257. The lowest BCUT2D eigenvalue weighted by molar-refractivity contribution is -0.114. The van der Waals surface area contributed by atoms with Crippen molar-refractivity contribution in [3.63, 3.8) is 0 Å². The fourth-order valence-corrected chi connectivity index (χ4v) is 2.63. The maximum Gasteiger partial charge on any atom is 0.256 e. The smallest absolute Gasteiger partial charge is 0.256 e. The van der Waals surface area contributed by atoms with E-state index in [9.17, 15) is 9.59 Å². The number of halogens is 1. The van der Waals surface area contributed by atoms with Gasteiger partial charge < -0.3 is 10.6 Å². The van der Waals surface area contributed by atoms with Crippen LogP contribution in [0.3, 0.4) is 0 Å². The Morgan fingerprint density at radius 1 is 1.05 bits per heavy atom. The number of hydrogen-bond donors (Lipinski definition) is 3. The van der Waals surface area contributed by atoms with Gasteiger partial charge >= 0.3 is 0 Å². The van der Waals surface area contributed by atoms with Gasteiger partial charge in [0.2, 0.25) is 5.91 Å². The van der Waals surface area contributed by atoms with Gasteiger partial charge in [-0.1, -0.05) is 22.0 Å². The predicted molar refractivity (Wildman–Crippen MR) is 90.1 cm³/mol. The van der Waals surface area contributed by atoms with Crippen molar-refractivity contribution < 1.29 is 9.59 Å². The lowest BCUT2D eigenvalue weighted by atomic mass is 10.2. The highest BCUT2D eigenvalue weighted by Gasteiger charge is 2.10. The van der Waals surface area contributed by atoms with Crippen LogP contribution in [0.1, 0.15) is 17.3 Å². The van der Waals surface area contributed by atoms with Gasteiger partial charge in [-0.3, -0.25) is 9.59 Å². The van der Waals surface area contributed by atoms with Gasteiger partial charge in [0.25, 0.3) is 5.91 Å². The number of carbonyl (C=O) groups is 2. The van der Waals surface area contributed by atoms with E-state index in [-0.39, 0.29) is 11.8 Å². The number of nitrogens with one attached hydrogen (secondary N) is 2. The molecule has 0 spiro atoms. The number of anilines is 2. The summed E-state index contributed by atoms with van der Waals surface area (Å²) in [6.07, 6.45) is 0. The van der Waals surface area contributed by atoms with E-state index in [1.54, 1.807) is 42.5 Å². The van der Waals surface area contributed by atoms with Gasteiger partial charge in [0.1, 0.15) is 0 Å². The molecule has 2 amide bonds. The Bertz CT molecular complexity index is 704. The van der Waals surface area contributed by atoms with Crippen LogP contribution in [-0.2, 0) is 4.79 Å². The number of thiol groups is 1. The molecule has 0 bridgehead atoms. The molecule has 6 heteroatoms. The lowest BCUT2D eigenvalue weighted by Crippen LogP contribution is -2.13. The molecule has 108 valence electrons. The molecule has 21 heavy (non-hydrogen) atoms. The van der Waals surface area contributed by atoms with Crippen LogP contribution in [0.5, 0.6) is 0 Å². The van der Waals surface area contributed by atoms with Gasteiger partial charge in [0, 0.05) is 27.7 Å². The Hall–Kier alpha value is -1.79. The molecule has 2 aromatic rings. The Labute approximate surface area is 136 Å². The fourth-order valence-electron chi connectivity index (χ4n) is 1.77. The number of rotatable bonds is 3. The molecule has 0 radical (unpaired) electrons. The molecule has 2 rings (SSSR count). The molecule has 0 aliphatic rings. The second-order valence-electron chi connectivity index (χ2n) is 4.38. The first-order valence-electron chi connectivity index (χ1n) is 6.13. The summed E-state index contributed by atoms with van der Waals surface area (Å²) in [5, 5.41) is 5.44. The maximum absolute atomic E-state index is 12.2. The van der Waals surface area contributed by atoms with Gasteiger partial charge in [-0.15, -0.1) is 12.6 Å². The SMILES string of the molecule is CC(=O)Nc1cccc(NC(=O)c2ccc(Br)cc2S)c1. The molecule has 2 N–H and O–H groups in total. The largest absolute Gasteiger partial charge is 0.326 e. The molecule has 0 heterocycles. The summed E-state index contributed by atoms with van der Waals surface area (Å²) in [6.45, 7) is 1.43. The second-order valence-corrected chi connectivity index (χ2v) is 5.78. The number of carbonyl (C=O) groups excluding carboxylic acids is 2. The zero-order valence-corrected chi connectivity index (χ0v) is 13.7. The van der Waals surface area contributed by atoms with Crippen LogP contribution < -0.4 is 10.6 Å². The highest BCUT2D eigenvalue weighted by atomic mass is 79.9. The van der Waals surface area contributed by atoms with Crippen molar-refractivity contribution in [2.24, 2.45) is 0 Å². The van der Waals surface area contributed by atoms with Crippen LogP contribution in [-0.4, -0.2) is 11.8 Å². The number of amides is 2. The molecule has 0 aliphatic carbocycles. The molecular formula is C15H13BrN2O2S. The molecule has 4 nitrogen and oxygen atoms in total. The van der Waals surface area contributed by atoms with E-state index in [0.29, 0.717) is 21.8 Å². The lowest BCUT2D eigenvalue weighted by Gasteiger charge is -2.09. The van der Waals surface area contributed by atoms with E-state index >= 15 is 0 Å². The molecule has 0 atom stereocenters. The summed E-state index contributed by atoms with van der Waals surface area (Å²) >= 11 is 7.61. The quantitative estimate of drug-likeness (QED) is 0.722. The normalized spacial score (nSPS) is 10.0. The fraction of sp³-hybridized carbons (Fsp3) is 0.0667. The minimum absolute atomic E-state index is 0.163. The van der Waals surface area contributed by atoms with Crippen LogP contribution in [0, 0.1) is 0 Å². The highest BCUT2D eigenvalue weighted by molar-refractivity contribution is 9.10. The Kier molecular flexibility index (Phi) is 5.03. The Morgan fingerprint density at radius 3 is 2.33 bits per heavy atom. The van der Waals surface area contributed by atoms with Crippen LogP contribution >= 0.6 is 28.6 Å². The molecule has 2 aromatic carbocycles. The number of hydrogen-bond acceptors (Lipinski definition) is 3. The van der Waals surface area contributed by atoms with E-state index in [1.807, 2.05) is 0 Å². The van der Waals surface area contributed by atoms with Crippen molar-refractivity contribution in [3.8, 4) is 0 Å². The van der Waals surface area contributed by atoms with Crippen molar-refractivity contribution >= 4 is 51.7 Å². The molecule has 0 aromatic heterocycles. The van der Waals surface area contributed by atoms with E-state index in [1.165, 1.54) is 6.92 Å². The monoisotopic (exact) mass is 364 g/mol. The van der Waals surface area contributed by atoms with Crippen LogP contribution in [0.2, 0.25) is 0 Å². The van der Waals surface area contributed by atoms with Crippen molar-refractivity contribution in [1.29, 1.82) is 0 Å². The molecule has 0 unspecified atom stereocenters. The van der Waals surface area contributed by atoms with Crippen molar-refractivity contribution in [3.05, 3.63) is 52.5 Å². The molecule has 0 saturated heterocycles. The molecule has 0 aliphatic heterocycles. The van der Waals surface area contributed by atoms with Crippen molar-refractivity contribution in [2.45, 2.75) is 11.8 Å². The zero-order chi connectivity index (χ0) is 15.4. The molecule has 0 fully saturated rings. The average Bonchev–Trinajstić information content (AvgIpc) is 2.37. The first kappa shape index (κ1) is 15.6. The van der Waals surface area contributed by atoms with Gasteiger partial charge in [0.15, 0.2) is 0 Å². The van der Waals surface area contributed by atoms with Gasteiger partial charge in [0.05, 0.1) is 5.56 Å². The third-order valence-electron chi connectivity index (χ3n) is 2.65. The van der Waals surface area contributed by atoms with Crippen LogP contribution in [0.15, 0.2) is 51.8 Å². The minimum Gasteiger partial charge on any atom is -0.326 e. The molecular weight excluding hydrogens is 352 g/mol. The highest BCUT2D eigenvalue weighted by Crippen LogP contribution is 2.22. The summed E-state index contributed by atoms with van der Waals surface area (Å²) in [7, 11) is 0. The van der Waals surface area contributed by atoms with Crippen molar-refractivity contribution in [1.82, 2.24) is 0 Å². The third kappa shape index (κ3) is 4.34. The Balaban J connectivity index is 2.17. The summed E-state index contributed by atoms with van der Waals surface area (Å²) in [4.78, 5) is 23.8. The van der Waals surface area contributed by atoms with E-state index in [2.05, 4.69) is 39.2 Å². The third-order valence-corrected chi connectivity index (χ3v) is 3.51. The summed E-state index contributed by atoms with van der Waals surface area (Å²) in [5.74, 6) is -0.420. The predicted octanol–water partition coefficient (Wildman–Crippen LogP) is 3.95.